The van der Waals surface area contributed by atoms with Crippen LogP contribution >= 0.6 is 11.8 Å². The summed E-state index contributed by atoms with van der Waals surface area (Å²) >= 11 is 1.37. The average Bonchev–Trinajstić information content (AvgIpc) is 2.90. The molecule has 0 aliphatic heterocycles. The standard InChI is InChI=1S/C21H30N2O2S/c1-14-5-7-16(8-6-14)22-18(24)12-26-13-19(25)23-17-11-15-9-10-21(17,4)20(15,2)3/h5-8,15,17H,9-13H2,1-4H3,(H,22,24)(H,23,25). The van der Waals surface area contributed by atoms with Crippen molar-refractivity contribution in [2.75, 3.05) is 16.8 Å². The number of hydrogen-bond donors (Lipinski definition) is 2. The number of benzene rings is 1. The maximum Gasteiger partial charge on any atom is 0.234 e. The molecule has 1 aromatic rings. The number of thioether (sulfide) groups is 1. The van der Waals surface area contributed by atoms with Crippen LogP contribution in [0.15, 0.2) is 24.3 Å². The molecule has 2 fully saturated rings. The number of carbonyl (C=O) groups is 2. The maximum absolute atomic E-state index is 12.3. The molecule has 2 bridgehead atoms. The maximum atomic E-state index is 12.3. The first-order chi connectivity index (χ1) is 12.2. The van der Waals surface area contributed by atoms with E-state index in [-0.39, 0.29) is 29.0 Å². The van der Waals surface area contributed by atoms with E-state index in [0.717, 1.165) is 17.7 Å². The van der Waals surface area contributed by atoms with Crippen LogP contribution in [0.5, 0.6) is 0 Å². The summed E-state index contributed by atoms with van der Waals surface area (Å²) in [6.45, 7) is 9.03. The lowest BCUT2D eigenvalue weighted by atomic mass is 9.69. The molecule has 2 aliphatic rings. The van der Waals surface area contributed by atoms with Gasteiger partial charge in [-0.3, -0.25) is 9.59 Å². The zero-order valence-electron chi connectivity index (χ0n) is 16.2. The van der Waals surface area contributed by atoms with Gasteiger partial charge in [-0.1, -0.05) is 38.5 Å². The fourth-order valence-electron chi connectivity index (χ4n) is 4.73. The predicted molar refractivity (Wildman–Crippen MR) is 108 cm³/mol. The molecule has 0 radical (unpaired) electrons. The van der Waals surface area contributed by atoms with Gasteiger partial charge in [0.1, 0.15) is 0 Å². The van der Waals surface area contributed by atoms with Crippen molar-refractivity contribution in [1.82, 2.24) is 5.32 Å². The molecule has 0 aromatic heterocycles. The van der Waals surface area contributed by atoms with Crippen molar-refractivity contribution < 1.29 is 9.59 Å². The highest BCUT2D eigenvalue weighted by Gasteiger charge is 2.61. The highest BCUT2D eigenvalue weighted by molar-refractivity contribution is 8.00. The summed E-state index contributed by atoms with van der Waals surface area (Å²) in [5.41, 5.74) is 2.45. The summed E-state index contributed by atoms with van der Waals surface area (Å²) < 4.78 is 0. The number of fused-ring (bicyclic) bond motifs is 2. The first kappa shape index (κ1) is 19.3. The summed E-state index contributed by atoms with van der Waals surface area (Å²) in [4.78, 5) is 24.3. The molecule has 2 N–H and O–H groups in total. The van der Waals surface area contributed by atoms with E-state index in [2.05, 4.69) is 31.4 Å². The molecule has 26 heavy (non-hydrogen) atoms. The number of anilines is 1. The molecule has 3 unspecified atom stereocenters. The van der Waals surface area contributed by atoms with Gasteiger partial charge in [0.2, 0.25) is 11.8 Å². The number of aryl methyl sites for hydroxylation is 1. The molecular formula is C21H30N2O2S. The quantitative estimate of drug-likeness (QED) is 0.791. The zero-order chi connectivity index (χ0) is 18.9. The van der Waals surface area contributed by atoms with E-state index in [1.54, 1.807) is 0 Å². The second-order valence-corrected chi connectivity index (χ2v) is 9.62. The fraction of sp³-hybridized carbons (Fsp3) is 0.619. The molecule has 3 atom stereocenters. The Morgan fingerprint density at radius 3 is 2.35 bits per heavy atom. The second kappa shape index (κ2) is 7.26. The highest BCUT2D eigenvalue weighted by Crippen LogP contribution is 2.65. The van der Waals surface area contributed by atoms with Crippen LogP contribution < -0.4 is 10.6 Å². The zero-order valence-corrected chi connectivity index (χ0v) is 17.0. The van der Waals surface area contributed by atoms with Gasteiger partial charge in [0.15, 0.2) is 0 Å². The third-order valence-electron chi connectivity index (χ3n) is 6.93. The predicted octanol–water partition coefficient (Wildman–Crippen LogP) is 4.00. The molecule has 4 nitrogen and oxygen atoms in total. The average molecular weight is 375 g/mol. The van der Waals surface area contributed by atoms with Gasteiger partial charge in [0, 0.05) is 11.7 Å². The van der Waals surface area contributed by atoms with Crippen LogP contribution in [0.25, 0.3) is 0 Å². The Hall–Kier alpha value is -1.49. The van der Waals surface area contributed by atoms with Crippen LogP contribution in [-0.4, -0.2) is 29.4 Å². The van der Waals surface area contributed by atoms with Gasteiger partial charge in [-0.2, -0.15) is 0 Å². The molecule has 0 saturated heterocycles. The number of nitrogens with one attached hydrogen (secondary N) is 2. The number of amides is 2. The van der Waals surface area contributed by atoms with Crippen LogP contribution in [0.2, 0.25) is 0 Å². The van der Waals surface area contributed by atoms with Crippen LogP contribution in [0.4, 0.5) is 5.69 Å². The largest absolute Gasteiger partial charge is 0.352 e. The van der Waals surface area contributed by atoms with E-state index in [9.17, 15) is 9.59 Å². The summed E-state index contributed by atoms with van der Waals surface area (Å²) in [6.07, 6.45) is 3.57. The first-order valence-electron chi connectivity index (χ1n) is 9.46. The topological polar surface area (TPSA) is 58.2 Å². The second-order valence-electron chi connectivity index (χ2n) is 8.64. The van der Waals surface area contributed by atoms with E-state index >= 15 is 0 Å². The van der Waals surface area contributed by atoms with E-state index < -0.39 is 0 Å². The summed E-state index contributed by atoms with van der Waals surface area (Å²) in [5, 5.41) is 6.11. The van der Waals surface area contributed by atoms with Crippen molar-refractivity contribution in [1.29, 1.82) is 0 Å². The third kappa shape index (κ3) is 3.64. The van der Waals surface area contributed by atoms with Gasteiger partial charge in [-0.25, -0.2) is 0 Å². The van der Waals surface area contributed by atoms with Gasteiger partial charge >= 0.3 is 0 Å². The Balaban J connectivity index is 1.41. The van der Waals surface area contributed by atoms with E-state index in [1.807, 2.05) is 31.2 Å². The summed E-state index contributed by atoms with van der Waals surface area (Å²) in [5.74, 6) is 1.31. The number of rotatable bonds is 6. The molecule has 142 valence electrons. The Kier molecular flexibility index (Phi) is 5.38. The number of carbonyl (C=O) groups excluding carboxylic acids is 2. The lowest BCUT2D eigenvalue weighted by molar-refractivity contribution is -0.120. The summed E-state index contributed by atoms with van der Waals surface area (Å²) in [6, 6.07) is 7.98. The van der Waals surface area contributed by atoms with Crippen molar-refractivity contribution in [3.8, 4) is 0 Å². The molecular weight excluding hydrogens is 344 g/mol. The van der Waals surface area contributed by atoms with E-state index in [4.69, 9.17) is 0 Å². The normalized spacial score (nSPS) is 28.8. The molecule has 1 aromatic carbocycles. The monoisotopic (exact) mass is 374 g/mol. The molecule has 5 heteroatoms. The molecule has 2 aliphatic carbocycles. The van der Waals surface area contributed by atoms with Crippen molar-refractivity contribution in [3.63, 3.8) is 0 Å². The Bertz CT molecular complexity index is 686. The van der Waals surface area contributed by atoms with Crippen LogP contribution in [0, 0.1) is 23.7 Å². The molecule has 2 amide bonds. The van der Waals surface area contributed by atoms with Gasteiger partial charge in [0.25, 0.3) is 0 Å². The molecule has 0 spiro atoms. The minimum atomic E-state index is -0.0697. The van der Waals surface area contributed by atoms with Crippen LogP contribution in [-0.2, 0) is 9.59 Å². The molecule has 2 saturated carbocycles. The van der Waals surface area contributed by atoms with E-state index in [1.165, 1.54) is 24.6 Å². The van der Waals surface area contributed by atoms with Crippen molar-refractivity contribution in [3.05, 3.63) is 29.8 Å². The smallest absolute Gasteiger partial charge is 0.234 e. The lowest BCUT2D eigenvalue weighted by Crippen LogP contribution is -2.47. The minimum Gasteiger partial charge on any atom is -0.352 e. The lowest BCUT2D eigenvalue weighted by Gasteiger charge is -2.39. The Labute approximate surface area is 160 Å². The van der Waals surface area contributed by atoms with Crippen molar-refractivity contribution >= 4 is 29.3 Å². The van der Waals surface area contributed by atoms with Crippen LogP contribution in [0.1, 0.15) is 45.6 Å². The molecule has 3 rings (SSSR count). The van der Waals surface area contributed by atoms with Gasteiger partial charge < -0.3 is 10.6 Å². The highest BCUT2D eigenvalue weighted by atomic mass is 32.2. The number of hydrogen-bond acceptors (Lipinski definition) is 3. The Morgan fingerprint density at radius 2 is 1.77 bits per heavy atom. The first-order valence-corrected chi connectivity index (χ1v) is 10.6. The van der Waals surface area contributed by atoms with E-state index in [0.29, 0.717) is 17.1 Å². The Morgan fingerprint density at radius 1 is 1.12 bits per heavy atom. The minimum absolute atomic E-state index is 0.0488. The third-order valence-corrected chi connectivity index (χ3v) is 7.86. The SMILES string of the molecule is Cc1ccc(NC(=O)CSCC(=O)NC2CC3CCC2(C)C3(C)C)cc1. The van der Waals surface area contributed by atoms with Crippen molar-refractivity contribution in [2.24, 2.45) is 16.7 Å². The van der Waals surface area contributed by atoms with Gasteiger partial charge in [0.05, 0.1) is 11.5 Å². The van der Waals surface area contributed by atoms with Crippen LogP contribution in [0.3, 0.4) is 0 Å². The van der Waals surface area contributed by atoms with Gasteiger partial charge in [-0.15, -0.1) is 11.8 Å². The fourth-order valence-corrected chi connectivity index (χ4v) is 5.36. The van der Waals surface area contributed by atoms with Crippen molar-refractivity contribution in [2.45, 2.75) is 53.0 Å². The molecule has 0 heterocycles. The summed E-state index contributed by atoms with van der Waals surface area (Å²) in [7, 11) is 0. The van der Waals surface area contributed by atoms with Gasteiger partial charge in [-0.05, 0) is 55.1 Å².